The molecule has 0 aromatic heterocycles. The third kappa shape index (κ3) is 3.79. The van der Waals surface area contributed by atoms with E-state index in [-0.39, 0.29) is 0 Å². The molecule has 0 fully saturated rings. The third-order valence-electron chi connectivity index (χ3n) is 2.48. The highest BCUT2D eigenvalue weighted by atomic mass is 32.2. The molecular weight excluding hydrogens is 218 g/mol. The largest absolute Gasteiger partial charge is 0.493 e. The van der Waals surface area contributed by atoms with Crippen LogP contribution in [0.2, 0.25) is 0 Å². The van der Waals surface area contributed by atoms with Gasteiger partial charge < -0.3 is 4.74 Å². The van der Waals surface area contributed by atoms with Crippen LogP contribution < -0.4 is 4.74 Å². The maximum absolute atomic E-state index is 8.37. The monoisotopic (exact) mass is 235 g/mol. The lowest BCUT2D eigenvalue weighted by molar-refractivity contribution is 0.316. The zero-order valence-corrected chi connectivity index (χ0v) is 10.9. The molecule has 0 saturated carbocycles. The zero-order valence-electron chi connectivity index (χ0n) is 10.0. The van der Waals surface area contributed by atoms with Crippen molar-refractivity contribution >= 4 is 11.8 Å². The summed E-state index contributed by atoms with van der Waals surface area (Å²) in [6.45, 7) is 6.93. The standard InChI is InChI=1S/C13H17NOS/c1-10-7-11(2)12(3)13(8-10)15-5-4-6-16-9-14/h7-8H,4-6H2,1-3H3. The van der Waals surface area contributed by atoms with Crippen molar-refractivity contribution in [2.45, 2.75) is 27.2 Å². The number of nitrogens with zero attached hydrogens (tertiary/aromatic N) is 1. The number of ether oxygens (including phenoxy) is 1. The summed E-state index contributed by atoms with van der Waals surface area (Å²) < 4.78 is 5.72. The molecule has 0 aliphatic rings. The molecule has 0 N–H and O–H groups in total. The predicted molar refractivity (Wildman–Crippen MR) is 68.8 cm³/mol. The number of hydrogen-bond donors (Lipinski definition) is 0. The molecule has 0 saturated heterocycles. The van der Waals surface area contributed by atoms with E-state index >= 15 is 0 Å². The van der Waals surface area contributed by atoms with Crippen molar-refractivity contribution in [2.75, 3.05) is 12.4 Å². The van der Waals surface area contributed by atoms with Gasteiger partial charge in [-0.3, -0.25) is 0 Å². The Kier molecular flexibility index (Phi) is 5.21. The summed E-state index contributed by atoms with van der Waals surface area (Å²) >= 11 is 1.28. The zero-order chi connectivity index (χ0) is 12.0. The van der Waals surface area contributed by atoms with E-state index in [9.17, 15) is 0 Å². The van der Waals surface area contributed by atoms with Gasteiger partial charge in [0.2, 0.25) is 0 Å². The van der Waals surface area contributed by atoms with E-state index in [0.717, 1.165) is 17.9 Å². The van der Waals surface area contributed by atoms with Gasteiger partial charge in [-0.15, -0.1) is 0 Å². The fourth-order valence-electron chi connectivity index (χ4n) is 1.51. The first kappa shape index (κ1) is 12.9. The molecule has 0 bridgehead atoms. The van der Waals surface area contributed by atoms with Crippen molar-refractivity contribution in [3.8, 4) is 11.2 Å². The molecular formula is C13H17NOS. The Balaban J connectivity index is 2.51. The summed E-state index contributed by atoms with van der Waals surface area (Å²) in [5.74, 6) is 1.81. The van der Waals surface area contributed by atoms with Crippen LogP contribution in [0.3, 0.4) is 0 Å². The van der Waals surface area contributed by atoms with Gasteiger partial charge >= 0.3 is 0 Å². The van der Waals surface area contributed by atoms with Crippen LogP contribution in [0.5, 0.6) is 5.75 Å². The van der Waals surface area contributed by atoms with Crippen LogP contribution in [0.1, 0.15) is 23.1 Å². The Morgan fingerprint density at radius 3 is 2.75 bits per heavy atom. The van der Waals surface area contributed by atoms with Crippen molar-refractivity contribution in [3.05, 3.63) is 28.8 Å². The summed E-state index contributed by atoms with van der Waals surface area (Å²) in [6, 6.07) is 4.23. The first-order valence-corrected chi connectivity index (χ1v) is 6.35. The van der Waals surface area contributed by atoms with Gasteiger partial charge in [0, 0.05) is 5.75 Å². The Labute approximate surface area is 102 Å². The number of benzene rings is 1. The summed E-state index contributed by atoms with van der Waals surface area (Å²) in [5.41, 5.74) is 3.70. The fourth-order valence-corrected chi connectivity index (χ4v) is 1.86. The maximum Gasteiger partial charge on any atom is 0.133 e. The number of rotatable bonds is 5. The van der Waals surface area contributed by atoms with Crippen LogP contribution in [0, 0.1) is 31.4 Å². The van der Waals surface area contributed by atoms with Crippen molar-refractivity contribution < 1.29 is 4.74 Å². The molecule has 0 atom stereocenters. The summed E-state index contributed by atoms with van der Waals surface area (Å²) in [5, 5.41) is 10.4. The van der Waals surface area contributed by atoms with Crippen molar-refractivity contribution in [2.24, 2.45) is 0 Å². The molecule has 0 aliphatic heterocycles. The van der Waals surface area contributed by atoms with Crippen LogP contribution in [0.4, 0.5) is 0 Å². The molecule has 0 unspecified atom stereocenters. The van der Waals surface area contributed by atoms with Crippen LogP contribution in [-0.2, 0) is 0 Å². The van der Waals surface area contributed by atoms with E-state index in [2.05, 4.69) is 38.3 Å². The van der Waals surface area contributed by atoms with Crippen LogP contribution in [0.15, 0.2) is 12.1 Å². The Hall–Kier alpha value is -1.14. The number of hydrogen-bond acceptors (Lipinski definition) is 3. The molecule has 0 radical (unpaired) electrons. The highest BCUT2D eigenvalue weighted by Crippen LogP contribution is 2.23. The lowest BCUT2D eigenvalue weighted by atomic mass is 10.1. The van der Waals surface area contributed by atoms with Gasteiger partial charge in [0.15, 0.2) is 0 Å². The van der Waals surface area contributed by atoms with E-state index in [0.29, 0.717) is 6.61 Å². The van der Waals surface area contributed by atoms with Gasteiger partial charge in [0.1, 0.15) is 11.2 Å². The third-order valence-corrected chi connectivity index (χ3v) is 3.10. The lowest BCUT2D eigenvalue weighted by Gasteiger charge is -2.11. The van der Waals surface area contributed by atoms with E-state index in [1.807, 2.05) is 0 Å². The minimum atomic E-state index is 0.679. The Morgan fingerprint density at radius 1 is 1.31 bits per heavy atom. The maximum atomic E-state index is 8.37. The molecule has 1 aromatic carbocycles. The normalized spacial score (nSPS) is 9.88. The second-order valence-electron chi connectivity index (χ2n) is 3.85. The minimum absolute atomic E-state index is 0.679. The fraction of sp³-hybridized carbons (Fsp3) is 0.462. The quantitative estimate of drug-likeness (QED) is 0.577. The van der Waals surface area contributed by atoms with Crippen LogP contribution >= 0.6 is 11.8 Å². The van der Waals surface area contributed by atoms with Gasteiger partial charge in [-0.1, -0.05) is 6.07 Å². The van der Waals surface area contributed by atoms with Gasteiger partial charge in [-0.25, -0.2) is 0 Å². The van der Waals surface area contributed by atoms with E-state index in [1.165, 1.54) is 28.5 Å². The average molecular weight is 235 g/mol. The van der Waals surface area contributed by atoms with Gasteiger partial charge in [0.05, 0.1) is 6.61 Å². The number of nitriles is 1. The molecule has 2 nitrogen and oxygen atoms in total. The van der Waals surface area contributed by atoms with E-state index < -0.39 is 0 Å². The van der Waals surface area contributed by atoms with Crippen LogP contribution in [-0.4, -0.2) is 12.4 Å². The van der Waals surface area contributed by atoms with E-state index in [4.69, 9.17) is 10.00 Å². The SMILES string of the molecule is Cc1cc(C)c(C)c(OCCCSC#N)c1. The molecule has 16 heavy (non-hydrogen) atoms. The van der Waals surface area contributed by atoms with Crippen molar-refractivity contribution in [1.82, 2.24) is 0 Å². The molecule has 0 heterocycles. The molecule has 0 aliphatic carbocycles. The number of thioether (sulfide) groups is 1. The highest BCUT2D eigenvalue weighted by molar-refractivity contribution is 8.03. The molecule has 1 aromatic rings. The van der Waals surface area contributed by atoms with Crippen molar-refractivity contribution in [3.63, 3.8) is 0 Å². The summed E-state index contributed by atoms with van der Waals surface area (Å²) in [4.78, 5) is 0. The topological polar surface area (TPSA) is 33.0 Å². The molecule has 0 spiro atoms. The first-order chi connectivity index (χ1) is 7.65. The Bertz CT molecular complexity index is 396. The Morgan fingerprint density at radius 2 is 2.06 bits per heavy atom. The molecule has 3 heteroatoms. The van der Waals surface area contributed by atoms with Crippen molar-refractivity contribution in [1.29, 1.82) is 5.26 Å². The van der Waals surface area contributed by atoms with E-state index in [1.54, 1.807) is 0 Å². The molecule has 86 valence electrons. The smallest absolute Gasteiger partial charge is 0.133 e. The summed E-state index contributed by atoms with van der Waals surface area (Å²) in [6.07, 6.45) is 0.907. The van der Waals surface area contributed by atoms with Gasteiger partial charge in [-0.05, 0) is 61.7 Å². The summed E-state index contributed by atoms with van der Waals surface area (Å²) in [7, 11) is 0. The van der Waals surface area contributed by atoms with Crippen LogP contribution in [0.25, 0.3) is 0 Å². The second kappa shape index (κ2) is 6.44. The first-order valence-electron chi connectivity index (χ1n) is 5.36. The number of aryl methyl sites for hydroxylation is 2. The highest BCUT2D eigenvalue weighted by Gasteiger charge is 2.03. The number of thiocyanates is 1. The lowest BCUT2D eigenvalue weighted by Crippen LogP contribution is -2.01. The van der Waals surface area contributed by atoms with Gasteiger partial charge in [-0.2, -0.15) is 5.26 Å². The predicted octanol–water partition coefficient (Wildman–Crippen LogP) is 3.60. The average Bonchev–Trinajstić information content (AvgIpc) is 2.24. The molecule has 1 rings (SSSR count). The molecule has 0 amide bonds. The van der Waals surface area contributed by atoms with Gasteiger partial charge in [0.25, 0.3) is 0 Å². The second-order valence-corrected chi connectivity index (χ2v) is 4.73. The minimum Gasteiger partial charge on any atom is -0.493 e.